The van der Waals surface area contributed by atoms with Crippen LogP contribution in [0.4, 0.5) is 0 Å². The van der Waals surface area contributed by atoms with Crippen LogP contribution in [0.1, 0.15) is 12.0 Å². The highest BCUT2D eigenvalue weighted by molar-refractivity contribution is 9.12. The third-order valence-corrected chi connectivity index (χ3v) is 1.73. The zero-order chi connectivity index (χ0) is 7.94. The normalized spacial score (nSPS) is 8.45. The van der Waals surface area contributed by atoms with Crippen LogP contribution >= 0.6 is 15.9 Å². The van der Waals surface area contributed by atoms with Crippen molar-refractivity contribution >= 4 is 15.9 Å². The molecule has 0 aliphatic carbocycles. The van der Waals surface area contributed by atoms with Gasteiger partial charge in [0.1, 0.15) is 0 Å². The minimum absolute atomic E-state index is 0.926. The molecule has 0 saturated carbocycles. The first-order chi connectivity index (χ1) is 5.43. The van der Waals surface area contributed by atoms with E-state index in [1.54, 1.807) is 0 Å². The van der Waals surface area contributed by atoms with Crippen molar-refractivity contribution in [2.45, 2.75) is 12.8 Å². The van der Waals surface area contributed by atoms with Crippen LogP contribution in [-0.2, 0) is 6.42 Å². The van der Waals surface area contributed by atoms with E-state index >= 15 is 0 Å². The molecule has 0 nitrogen and oxygen atoms in total. The molecule has 0 fully saturated rings. The van der Waals surface area contributed by atoms with E-state index in [9.17, 15) is 0 Å². The van der Waals surface area contributed by atoms with Crippen molar-refractivity contribution in [3.05, 3.63) is 35.9 Å². The number of hydrogen-bond donors (Lipinski definition) is 0. The van der Waals surface area contributed by atoms with E-state index in [0.717, 1.165) is 12.8 Å². The Hall–Kier alpha value is -0.740. The van der Waals surface area contributed by atoms with Crippen molar-refractivity contribution in [1.82, 2.24) is 0 Å². The molecule has 1 aromatic rings. The van der Waals surface area contributed by atoms with Gasteiger partial charge in [-0.1, -0.05) is 36.3 Å². The maximum absolute atomic E-state index is 3.06. The Bertz CT molecular complexity index is 253. The molecule has 0 aromatic heterocycles. The average molecular weight is 209 g/mol. The van der Waals surface area contributed by atoms with Gasteiger partial charge >= 0.3 is 0 Å². The van der Waals surface area contributed by atoms with E-state index in [2.05, 4.69) is 50.9 Å². The van der Waals surface area contributed by atoms with Gasteiger partial charge in [0.05, 0.1) is 0 Å². The van der Waals surface area contributed by atoms with Crippen molar-refractivity contribution in [3.8, 4) is 10.8 Å². The summed E-state index contributed by atoms with van der Waals surface area (Å²) in [4.78, 5) is 2.70. The molecular formula is C10H9Br. The van der Waals surface area contributed by atoms with Gasteiger partial charge < -0.3 is 0 Å². The number of rotatable bonds is 2. The SMILES string of the molecule is BrC#CCCc1ccccc1. The molecule has 0 amide bonds. The zero-order valence-electron chi connectivity index (χ0n) is 6.18. The standard InChI is InChI=1S/C10H9Br/c11-9-5-4-8-10-6-2-1-3-7-10/h1-3,6-7H,4,8H2. The summed E-state index contributed by atoms with van der Waals surface area (Å²) in [6, 6.07) is 10.4. The predicted octanol–water partition coefficient (Wildman–Crippen LogP) is 2.98. The fourth-order valence-electron chi connectivity index (χ4n) is 0.899. The first-order valence-electron chi connectivity index (χ1n) is 3.56. The molecule has 1 aromatic carbocycles. The van der Waals surface area contributed by atoms with Crippen LogP contribution < -0.4 is 0 Å². The van der Waals surface area contributed by atoms with E-state index in [1.165, 1.54) is 5.56 Å². The van der Waals surface area contributed by atoms with Crippen LogP contribution in [0.2, 0.25) is 0 Å². The second-order valence-electron chi connectivity index (χ2n) is 2.26. The Morgan fingerprint density at radius 1 is 1.18 bits per heavy atom. The minimum Gasteiger partial charge on any atom is -0.0904 e. The predicted molar refractivity (Wildman–Crippen MR) is 51.5 cm³/mol. The molecule has 0 unspecified atom stereocenters. The molecule has 11 heavy (non-hydrogen) atoms. The third kappa shape index (κ3) is 3.25. The van der Waals surface area contributed by atoms with E-state index in [0.29, 0.717) is 0 Å². The molecule has 0 saturated heterocycles. The monoisotopic (exact) mass is 208 g/mol. The molecule has 0 aliphatic rings. The third-order valence-electron chi connectivity index (χ3n) is 1.45. The smallest absolute Gasteiger partial charge is 0.0138 e. The summed E-state index contributed by atoms with van der Waals surface area (Å²) in [6.45, 7) is 0. The lowest BCUT2D eigenvalue weighted by Crippen LogP contribution is -1.80. The minimum atomic E-state index is 0.926. The average Bonchev–Trinajstić information content (AvgIpc) is 2.07. The number of benzene rings is 1. The van der Waals surface area contributed by atoms with Gasteiger partial charge in [0, 0.05) is 22.4 Å². The molecule has 1 heteroatoms. The van der Waals surface area contributed by atoms with Crippen LogP contribution in [0.15, 0.2) is 30.3 Å². The van der Waals surface area contributed by atoms with Crippen LogP contribution in [-0.4, -0.2) is 0 Å². The summed E-state index contributed by atoms with van der Waals surface area (Å²) < 4.78 is 0. The van der Waals surface area contributed by atoms with Gasteiger partial charge in [-0.15, -0.1) is 0 Å². The maximum Gasteiger partial charge on any atom is 0.0138 e. The number of hydrogen-bond acceptors (Lipinski definition) is 0. The van der Waals surface area contributed by atoms with Gasteiger partial charge in [0.15, 0.2) is 0 Å². The van der Waals surface area contributed by atoms with Crippen molar-refractivity contribution < 1.29 is 0 Å². The molecular weight excluding hydrogens is 200 g/mol. The van der Waals surface area contributed by atoms with E-state index in [-0.39, 0.29) is 0 Å². The molecule has 0 radical (unpaired) electrons. The maximum atomic E-state index is 3.06. The van der Waals surface area contributed by atoms with E-state index in [1.807, 2.05) is 6.07 Å². The summed E-state index contributed by atoms with van der Waals surface area (Å²) in [5.41, 5.74) is 1.35. The number of halogens is 1. The second kappa shape index (κ2) is 4.98. The van der Waals surface area contributed by atoms with E-state index < -0.39 is 0 Å². The highest BCUT2D eigenvalue weighted by Gasteiger charge is 1.86. The Balaban J connectivity index is 2.43. The van der Waals surface area contributed by atoms with Crippen molar-refractivity contribution in [2.75, 3.05) is 0 Å². The van der Waals surface area contributed by atoms with Gasteiger partial charge in [-0.25, -0.2) is 0 Å². The molecule has 0 bridgehead atoms. The highest BCUT2D eigenvalue weighted by atomic mass is 79.9. The van der Waals surface area contributed by atoms with Gasteiger partial charge in [0.2, 0.25) is 0 Å². The summed E-state index contributed by atoms with van der Waals surface area (Å²) in [5.74, 6) is 2.96. The first kappa shape index (κ1) is 8.36. The summed E-state index contributed by atoms with van der Waals surface area (Å²) in [7, 11) is 0. The zero-order valence-corrected chi connectivity index (χ0v) is 7.76. The summed E-state index contributed by atoms with van der Waals surface area (Å²) in [5, 5.41) is 0. The summed E-state index contributed by atoms with van der Waals surface area (Å²) in [6.07, 6.45) is 1.97. The highest BCUT2D eigenvalue weighted by Crippen LogP contribution is 2.01. The van der Waals surface area contributed by atoms with Crippen LogP contribution in [0, 0.1) is 10.8 Å². The summed E-state index contributed by atoms with van der Waals surface area (Å²) >= 11 is 3.06. The van der Waals surface area contributed by atoms with Gasteiger partial charge in [0.25, 0.3) is 0 Å². The first-order valence-corrected chi connectivity index (χ1v) is 4.35. The quantitative estimate of drug-likeness (QED) is 0.657. The van der Waals surface area contributed by atoms with Crippen molar-refractivity contribution in [2.24, 2.45) is 0 Å². The molecule has 0 spiro atoms. The topological polar surface area (TPSA) is 0 Å². The van der Waals surface area contributed by atoms with E-state index in [4.69, 9.17) is 0 Å². The Kier molecular flexibility index (Phi) is 3.79. The lowest BCUT2D eigenvalue weighted by atomic mass is 10.1. The lowest BCUT2D eigenvalue weighted by Gasteiger charge is -1.93. The van der Waals surface area contributed by atoms with Gasteiger partial charge in [-0.3, -0.25) is 0 Å². The van der Waals surface area contributed by atoms with Crippen LogP contribution in [0.25, 0.3) is 0 Å². The number of aryl methyl sites for hydroxylation is 1. The Labute approximate surface area is 75.8 Å². The second-order valence-corrected chi connectivity index (χ2v) is 2.65. The fraction of sp³-hybridized carbons (Fsp3) is 0.200. The molecule has 0 atom stereocenters. The van der Waals surface area contributed by atoms with Crippen molar-refractivity contribution in [1.29, 1.82) is 0 Å². The van der Waals surface area contributed by atoms with Crippen LogP contribution in [0.5, 0.6) is 0 Å². The molecule has 0 aliphatic heterocycles. The Morgan fingerprint density at radius 2 is 1.91 bits per heavy atom. The largest absolute Gasteiger partial charge is 0.0904 e. The molecule has 0 heterocycles. The molecule has 56 valence electrons. The lowest BCUT2D eigenvalue weighted by molar-refractivity contribution is 1.03. The molecule has 1 rings (SSSR count). The van der Waals surface area contributed by atoms with Crippen molar-refractivity contribution in [3.63, 3.8) is 0 Å². The fourth-order valence-corrected chi connectivity index (χ4v) is 1.10. The molecule has 0 N–H and O–H groups in total. The van der Waals surface area contributed by atoms with Gasteiger partial charge in [-0.05, 0) is 16.8 Å². The van der Waals surface area contributed by atoms with Crippen LogP contribution in [0.3, 0.4) is 0 Å². The Morgan fingerprint density at radius 3 is 2.55 bits per heavy atom. The van der Waals surface area contributed by atoms with Gasteiger partial charge in [-0.2, -0.15) is 0 Å².